The van der Waals surface area contributed by atoms with E-state index in [0.29, 0.717) is 11.8 Å². The van der Waals surface area contributed by atoms with Crippen LogP contribution in [0.1, 0.15) is 70.0 Å². The molecule has 0 bridgehead atoms. The fourth-order valence-corrected chi connectivity index (χ4v) is 2.58. The average Bonchev–Trinajstić information content (AvgIpc) is 2.95. The SMILES string of the molecule is CCC(N)C(C)c1nc(C2CCC(C)C2)no1. The van der Waals surface area contributed by atoms with Crippen molar-refractivity contribution < 1.29 is 4.52 Å². The Morgan fingerprint density at radius 1 is 1.47 bits per heavy atom. The van der Waals surface area contributed by atoms with Gasteiger partial charge in [-0.15, -0.1) is 0 Å². The number of hydrogen-bond acceptors (Lipinski definition) is 4. The zero-order chi connectivity index (χ0) is 12.4. The molecule has 1 heterocycles. The molecule has 2 N–H and O–H groups in total. The molecule has 0 saturated heterocycles. The fraction of sp³-hybridized carbons (Fsp3) is 0.846. The van der Waals surface area contributed by atoms with Gasteiger partial charge in [0.05, 0.1) is 5.92 Å². The first-order valence-corrected chi connectivity index (χ1v) is 6.70. The topological polar surface area (TPSA) is 64.9 Å². The van der Waals surface area contributed by atoms with Gasteiger partial charge in [-0.05, 0) is 31.6 Å². The summed E-state index contributed by atoms with van der Waals surface area (Å²) < 4.78 is 5.36. The van der Waals surface area contributed by atoms with Crippen LogP contribution < -0.4 is 5.73 Å². The van der Waals surface area contributed by atoms with Gasteiger partial charge in [-0.1, -0.05) is 25.9 Å². The third-order valence-electron chi connectivity index (χ3n) is 4.02. The molecule has 0 aliphatic heterocycles. The molecule has 4 nitrogen and oxygen atoms in total. The van der Waals surface area contributed by atoms with Crippen LogP contribution in [0.2, 0.25) is 0 Å². The largest absolute Gasteiger partial charge is 0.339 e. The van der Waals surface area contributed by atoms with Crippen molar-refractivity contribution in [3.05, 3.63) is 11.7 Å². The molecule has 1 aromatic rings. The van der Waals surface area contributed by atoms with E-state index in [1.165, 1.54) is 19.3 Å². The van der Waals surface area contributed by atoms with Crippen molar-refractivity contribution in [2.75, 3.05) is 0 Å². The van der Waals surface area contributed by atoms with Gasteiger partial charge in [-0.25, -0.2) is 0 Å². The summed E-state index contributed by atoms with van der Waals surface area (Å²) in [4.78, 5) is 4.54. The van der Waals surface area contributed by atoms with Gasteiger partial charge in [0.2, 0.25) is 5.89 Å². The lowest BCUT2D eigenvalue weighted by atomic mass is 10.0. The molecule has 4 atom stereocenters. The molecule has 1 aliphatic carbocycles. The van der Waals surface area contributed by atoms with Gasteiger partial charge in [0.25, 0.3) is 0 Å². The maximum absolute atomic E-state index is 6.01. The monoisotopic (exact) mass is 237 g/mol. The molecule has 17 heavy (non-hydrogen) atoms. The van der Waals surface area contributed by atoms with Crippen LogP contribution in [-0.4, -0.2) is 16.2 Å². The summed E-state index contributed by atoms with van der Waals surface area (Å²) in [7, 11) is 0. The molecule has 0 spiro atoms. The molecule has 1 aromatic heterocycles. The predicted octanol–water partition coefficient (Wildman–Crippen LogP) is 2.81. The number of hydrogen-bond donors (Lipinski definition) is 1. The summed E-state index contributed by atoms with van der Waals surface area (Å²) in [6.07, 6.45) is 4.58. The summed E-state index contributed by atoms with van der Waals surface area (Å²) in [6, 6.07) is 0.103. The van der Waals surface area contributed by atoms with Gasteiger partial charge in [-0.3, -0.25) is 0 Å². The summed E-state index contributed by atoms with van der Waals surface area (Å²) in [5.74, 6) is 3.03. The minimum Gasteiger partial charge on any atom is -0.339 e. The van der Waals surface area contributed by atoms with Crippen LogP contribution in [0.5, 0.6) is 0 Å². The van der Waals surface area contributed by atoms with Crippen LogP contribution in [0.25, 0.3) is 0 Å². The summed E-state index contributed by atoms with van der Waals surface area (Å²) in [5.41, 5.74) is 6.01. The Morgan fingerprint density at radius 2 is 2.24 bits per heavy atom. The van der Waals surface area contributed by atoms with E-state index in [1.54, 1.807) is 0 Å². The molecule has 1 aliphatic rings. The lowest BCUT2D eigenvalue weighted by Gasteiger charge is -2.13. The second kappa shape index (κ2) is 5.17. The highest BCUT2D eigenvalue weighted by Gasteiger charge is 2.28. The second-order valence-corrected chi connectivity index (χ2v) is 5.47. The Labute approximate surface area is 103 Å². The van der Waals surface area contributed by atoms with Crippen LogP contribution in [0.15, 0.2) is 4.52 Å². The van der Waals surface area contributed by atoms with Crippen molar-refractivity contribution in [2.24, 2.45) is 11.7 Å². The Balaban J connectivity index is 2.05. The van der Waals surface area contributed by atoms with Gasteiger partial charge < -0.3 is 10.3 Å². The third-order valence-corrected chi connectivity index (χ3v) is 4.02. The van der Waals surface area contributed by atoms with Gasteiger partial charge in [0, 0.05) is 12.0 Å². The normalized spacial score (nSPS) is 28.2. The third kappa shape index (κ3) is 2.68. The molecule has 0 aromatic carbocycles. The molecule has 1 saturated carbocycles. The van der Waals surface area contributed by atoms with Gasteiger partial charge in [0.15, 0.2) is 5.82 Å². The van der Waals surface area contributed by atoms with Crippen LogP contribution in [0.4, 0.5) is 0 Å². The molecule has 2 rings (SSSR count). The van der Waals surface area contributed by atoms with E-state index in [0.717, 1.165) is 18.2 Å². The molecule has 0 amide bonds. The van der Waals surface area contributed by atoms with Crippen LogP contribution in [0, 0.1) is 5.92 Å². The summed E-state index contributed by atoms with van der Waals surface area (Å²) >= 11 is 0. The molecule has 0 radical (unpaired) electrons. The summed E-state index contributed by atoms with van der Waals surface area (Å²) in [6.45, 7) is 6.43. The lowest BCUT2D eigenvalue weighted by Crippen LogP contribution is -2.25. The van der Waals surface area contributed by atoms with Crippen LogP contribution >= 0.6 is 0 Å². The first kappa shape index (κ1) is 12.6. The first-order valence-electron chi connectivity index (χ1n) is 6.70. The second-order valence-electron chi connectivity index (χ2n) is 5.47. The van der Waals surface area contributed by atoms with E-state index in [-0.39, 0.29) is 12.0 Å². The highest BCUT2D eigenvalue weighted by molar-refractivity contribution is 5.02. The van der Waals surface area contributed by atoms with E-state index < -0.39 is 0 Å². The number of rotatable bonds is 4. The zero-order valence-corrected chi connectivity index (χ0v) is 11.0. The molecule has 96 valence electrons. The van der Waals surface area contributed by atoms with Gasteiger partial charge >= 0.3 is 0 Å². The minimum absolute atomic E-state index is 0.103. The minimum atomic E-state index is 0.103. The van der Waals surface area contributed by atoms with E-state index in [1.807, 2.05) is 0 Å². The highest BCUT2D eigenvalue weighted by atomic mass is 16.5. The van der Waals surface area contributed by atoms with Crippen LogP contribution in [-0.2, 0) is 0 Å². The van der Waals surface area contributed by atoms with Crippen LogP contribution in [0.3, 0.4) is 0 Å². The Hall–Kier alpha value is -0.900. The first-order chi connectivity index (χ1) is 8.11. The zero-order valence-electron chi connectivity index (χ0n) is 11.0. The predicted molar refractivity (Wildman–Crippen MR) is 66.7 cm³/mol. The lowest BCUT2D eigenvalue weighted by molar-refractivity contribution is 0.334. The Kier molecular flexibility index (Phi) is 3.82. The van der Waals surface area contributed by atoms with Crippen molar-refractivity contribution >= 4 is 0 Å². The Morgan fingerprint density at radius 3 is 2.82 bits per heavy atom. The molecule has 4 heteroatoms. The molecular formula is C13H23N3O. The quantitative estimate of drug-likeness (QED) is 0.874. The molecular weight excluding hydrogens is 214 g/mol. The van der Waals surface area contributed by atoms with E-state index in [4.69, 9.17) is 10.3 Å². The average molecular weight is 237 g/mol. The molecule has 4 unspecified atom stereocenters. The highest BCUT2D eigenvalue weighted by Crippen LogP contribution is 2.36. The maximum Gasteiger partial charge on any atom is 0.231 e. The number of aromatic nitrogens is 2. The van der Waals surface area contributed by atoms with Crippen molar-refractivity contribution in [3.63, 3.8) is 0 Å². The smallest absolute Gasteiger partial charge is 0.231 e. The summed E-state index contributed by atoms with van der Waals surface area (Å²) in [5, 5.41) is 4.13. The van der Waals surface area contributed by atoms with E-state index in [9.17, 15) is 0 Å². The van der Waals surface area contributed by atoms with E-state index >= 15 is 0 Å². The Bertz CT molecular complexity index is 347. The maximum atomic E-state index is 6.01. The van der Waals surface area contributed by atoms with Crippen molar-refractivity contribution in [3.8, 4) is 0 Å². The van der Waals surface area contributed by atoms with Crippen molar-refractivity contribution in [1.29, 1.82) is 0 Å². The van der Waals surface area contributed by atoms with Crippen molar-refractivity contribution in [2.45, 2.75) is 64.3 Å². The fourth-order valence-electron chi connectivity index (χ4n) is 2.58. The number of nitrogens with two attached hydrogens (primary N) is 1. The van der Waals surface area contributed by atoms with Gasteiger partial charge in [-0.2, -0.15) is 4.98 Å². The number of nitrogens with zero attached hydrogens (tertiary/aromatic N) is 2. The van der Waals surface area contributed by atoms with Gasteiger partial charge in [0.1, 0.15) is 0 Å². The van der Waals surface area contributed by atoms with Crippen molar-refractivity contribution in [1.82, 2.24) is 10.1 Å². The molecule has 1 fully saturated rings. The standard InChI is InChI=1S/C13H23N3O/c1-4-11(14)9(3)13-15-12(16-17-13)10-6-5-8(2)7-10/h8-11H,4-7,14H2,1-3H3. The van der Waals surface area contributed by atoms with E-state index in [2.05, 4.69) is 30.9 Å².